The molecule has 0 aromatic heterocycles. The van der Waals surface area contributed by atoms with Crippen molar-refractivity contribution in [3.05, 3.63) is 62.0 Å². The molecule has 0 bridgehead atoms. The zero-order valence-corrected chi connectivity index (χ0v) is 19.6. The van der Waals surface area contributed by atoms with Crippen molar-refractivity contribution in [2.45, 2.75) is 33.4 Å². The van der Waals surface area contributed by atoms with Gasteiger partial charge < -0.3 is 15.0 Å². The first-order valence-corrected chi connectivity index (χ1v) is 10.7. The van der Waals surface area contributed by atoms with Crippen LogP contribution in [0.25, 0.3) is 0 Å². The summed E-state index contributed by atoms with van der Waals surface area (Å²) in [5.41, 5.74) is 1.57. The number of likely N-dealkylation sites (N-methyl/N-ethyl adjacent to an activating group) is 1. The topological polar surface area (TPSA) is 58.6 Å². The summed E-state index contributed by atoms with van der Waals surface area (Å²) in [5.74, 6) is -0.0377. The molecule has 1 unspecified atom stereocenters. The van der Waals surface area contributed by atoms with Crippen LogP contribution in [0.2, 0.25) is 10.0 Å². The van der Waals surface area contributed by atoms with E-state index in [1.165, 1.54) is 4.90 Å². The van der Waals surface area contributed by atoms with Gasteiger partial charge in [0.15, 0.2) is 6.61 Å². The number of ether oxygens (including phenoxy) is 1. The van der Waals surface area contributed by atoms with E-state index in [2.05, 4.69) is 21.2 Å². The van der Waals surface area contributed by atoms with Gasteiger partial charge in [-0.2, -0.15) is 0 Å². The summed E-state index contributed by atoms with van der Waals surface area (Å²) in [5, 5.41) is 3.60. The lowest BCUT2D eigenvalue weighted by Crippen LogP contribution is -2.49. The van der Waals surface area contributed by atoms with Gasteiger partial charge in [0.05, 0.1) is 0 Å². The minimum Gasteiger partial charge on any atom is -0.484 e. The normalized spacial score (nSPS) is 11.7. The van der Waals surface area contributed by atoms with Crippen molar-refractivity contribution in [3.63, 3.8) is 0 Å². The molecule has 2 rings (SSSR count). The third-order valence-corrected chi connectivity index (χ3v) is 6.00. The smallest absolute Gasteiger partial charge is 0.261 e. The van der Waals surface area contributed by atoms with Crippen LogP contribution in [0.5, 0.6) is 5.75 Å². The number of hydrogen-bond acceptors (Lipinski definition) is 3. The van der Waals surface area contributed by atoms with Gasteiger partial charge in [0.2, 0.25) is 5.91 Å². The van der Waals surface area contributed by atoms with Crippen LogP contribution in [0.4, 0.5) is 0 Å². The fourth-order valence-corrected chi connectivity index (χ4v) is 3.46. The number of aryl methyl sites for hydroxylation is 1. The number of rotatable bonds is 8. The first kappa shape index (κ1) is 23.5. The fraction of sp³-hybridized carbons (Fsp3) is 0.333. The van der Waals surface area contributed by atoms with Crippen LogP contribution < -0.4 is 10.1 Å². The molecule has 0 fully saturated rings. The second-order valence-electron chi connectivity index (χ2n) is 6.49. The van der Waals surface area contributed by atoms with Crippen LogP contribution in [-0.4, -0.2) is 35.9 Å². The minimum absolute atomic E-state index is 0.0956. The third kappa shape index (κ3) is 6.36. The zero-order chi connectivity index (χ0) is 21.6. The first-order chi connectivity index (χ1) is 13.7. The largest absolute Gasteiger partial charge is 0.484 e. The molecule has 29 heavy (non-hydrogen) atoms. The number of amides is 2. The highest BCUT2D eigenvalue weighted by Crippen LogP contribution is 2.27. The van der Waals surface area contributed by atoms with Crippen LogP contribution >= 0.6 is 39.1 Å². The Labute approximate surface area is 189 Å². The Morgan fingerprint density at radius 3 is 2.45 bits per heavy atom. The van der Waals surface area contributed by atoms with Crippen LogP contribution in [0.15, 0.2) is 40.9 Å². The van der Waals surface area contributed by atoms with E-state index in [0.29, 0.717) is 27.9 Å². The lowest BCUT2D eigenvalue weighted by molar-refractivity contribution is -0.142. The van der Waals surface area contributed by atoms with Crippen molar-refractivity contribution in [1.82, 2.24) is 10.2 Å². The molecular weight excluding hydrogens is 479 g/mol. The predicted molar refractivity (Wildman–Crippen MR) is 120 cm³/mol. The van der Waals surface area contributed by atoms with E-state index in [-0.39, 0.29) is 25.0 Å². The van der Waals surface area contributed by atoms with E-state index in [1.807, 2.05) is 26.0 Å². The van der Waals surface area contributed by atoms with Crippen molar-refractivity contribution < 1.29 is 14.3 Å². The van der Waals surface area contributed by atoms with Gasteiger partial charge in [0.1, 0.15) is 11.8 Å². The van der Waals surface area contributed by atoms with Crippen LogP contribution in [0, 0.1) is 6.92 Å². The van der Waals surface area contributed by atoms with Gasteiger partial charge >= 0.3 is 0 Å². The Balaban J connectivity index is 2.22. The van der Waals surface area contributed by atoms with Crippen molar-refractivity contribution in [3.8, 4) is 5.75 Å². The van der Waals surface area contributed by atoms with E-state index >= 15 is 0 Å². The molecule has 0 spiro atoms. The van der Waals surface area contributed by atoms with Gasteiger partial charge in [-0.3, -0.25) is 9.59 Å². The summed E-state index contributed by atoms with van der Waals surface area (Å²) in [6.45, 7) is 5.76. The van der Waals surface area contributed by atoms with E-state index < -0.39 is 6.04 Å². The van der Waals surface area contributed by atoms with Gasteiger partial charge in [-0.25, -0.2) is 0 Å². The van der Waals surface area contributed by atoms with Crippen LogP contribution in [0.3, 0.4) is 0 Å². The molecule has 8 heteroatoms. The summed E-state index contributed by atoms with van der Waals surface area (Å²) in [6.07, 6.45) is 0. The Morgan fingerprint density at radius 2 is 1.86 bits per heavy atom. The molecule has 156 valence electrons. The molecule has 0 saturated heterocycles. The van der Waals surface area contributed by atoms with Crippen molar-refractivity contribution in [2.24, 2.45) is 0 Å². The number of nitrogens with zero attached hydrogens (tertiary/aromatic N) is 1. The molecule has 0 aliphatic rings. The number of nitrogens with one attached hydrogen (secondary N) is 1. The summed E-state index contributed by atoms with van der Waals surface area (Å²) in [7, 11) is 0. The molecule has 1 N–H and O–H groups in total. The Hall–Kier alpha value is -1.76. The lowest BCUT2D eigenvalue weighted by atomic mass is 10.1. The maximum absolute atomic E-state index is 13.0. The molecule has 0 aliphatic carbocycles. The first-order valence-electron chi connectivity index (χ1n) is 9.13. The van der Waals surface area contributed by atoms with Gasteiger partial charge in [-0.05, 0) is 56.7 Å². The van der Waals surface area contributed by atoms with Crippen LogP contribution in [-0.2, 0) is 16.1 Å². The number of carbonyl (C=O) groups excluding carboxylic acids is 2. The molecule has 5 nitrogen and oxygen atoms in total. The molecule has 2 aromatic carbocycles. The standard InChI is InChI=1S/C21H23BrCl2N2O3/c1-4-25-21(28)14(3)26(11-16-18(23)6-5-7-19(16)24)20(27)12-29-15-8-9-17(22)13(2)10-15/h5-10,14H,4,11-12H2,1-3H3,(H,25,28). The summed E-state index contributed by atoms with van der Waals surface area (Å²) >= 11 is 16.0. The molecule has 0 aliphatic heterocycles. The highest BCUT2D eigenvalue weighted by molar-refractivity contribution is 9.10. The molecule has 2 amide bonds. The van der Waals surface area contributed by atoms with Crippen molar-refractivity contribution in [1.29, 1.82) is 0 Å². The molecular formula is C21H23BrCl2N2O3. The van der Waals surface area contributed by atoms with Gasteiger partial charge in [0, 0.05) is 33.2 Å². The number of benzene rings is 2. The Bertz CT molecular complexity index is 872. The second kappa shape index (κ2) is 10.9. The number of carbonyl (C=O) groups is 2. The Morgan fingerprint density at radius 1 is 1.21 bits per heavy atom. The number of halogens is 3. The van der Waals surface area contributed by atoms with Gasteiger partial charge in [-0.1, -0.05) is 45.2 Å². The van der Waals surface area contributed by atoms with E-state index in [9.17, 15) is 9.59 Å². The quantitative estimate of drug-likeness (QED) is 0.553. The maximum atomic E-state index is 13.0. The fourth-order valence-electron chi connectivity index (χ4n) is 2.69. The molecule has 0 radical (unpaired) electrons. The van der Waals surface area contributed by atoms with Gasteiger partial charge in [-0.15, -0.1) is 0 Å². The van der Waals surface area contributed by atoms with Crippen molar-refractivity contribution >= 4 is 50.9 Å². The summed E-state index contributed by atoms with van der Waals surface area (Å²) in [4.78, 5) is 26.8. The summed E-state index contributed by atoms with van der Waals surface area (Å²) < 4.78 is 6.62. The Kier molecular flexibility index (Phi) is 8.80. The van der Waals surface area contributed by atoms with E-state index in [1.54, 1.807) is 31.2 Å². The van der Waals surface area contributed by atoms with Crippen LogP contribution in [0.1, 0.15) is 25.0 Å². The van der Waals surface area contributed by atoms with Gasteiger partial charge in [0.25, 0.3) is 5.91 Å². The summed E-state index contributed by atoms with van der Waals surface area (Å²) in [6, 6.07) is 9.87. The van der Waals surface area contributed by atoms with Crippen molar-refractivity contribution in [2.75, 3.05) is 13.2 Å². The minimum atomic E-state index is -0.718. The zero-order valence-electron chi connectivity index (χ0n) is 16.5. The molecule has 0 heterocycles. The molecule has 2 aromatic rings. The highest BCUT2D eigenvalue weighted by Gasteiger charge is 2.27. The average molecular weight is 502 g/mol. The second-order valence-corrected chi connectivity index (χ2v) is 8.16. The maximum Gasteiger partial charge on any atom is 0.261 e. The SMILES string of the molecule is CCNC(=O)C(C)N(Cc1c(Cl)cccc1Cl)C(=O)COc1ccc(Br)c(C)c1. The lowest BCUT2D eigenvalue weighted by Gasteiger charge is -2.29. The predicted octanol–water partition coefficient (Wildman–Crippen LogP) is 5.00. The van der Waals surface area contributed by atoms with E-state index in [4.69, 9.17) is 27.9 Å². The number of hydrogen-bond donors (Lipinski definition) is 1. The molecule has 1 atom stereocenters. The highest BCUT2D eigenvalue weighted by atomic mass is 79.9. The third-order valence-electron chi connectivity index (χ3n) is 4.40. The molecule has 0 saturated carbocycles. The van der Waals surface area contributed by atoms with E-state index in [0.717, 1.165) is 10.0 Å². The average Bonchev–Trinajstić information content (AvgIpc) is 2.68. The monoisotopic (exact) mass is 500 g/mol.